The van der Waals surface area contributed by atoms with Crippen molar-refractivity contribution in [3.63, 3.8) is 0 Å². The molecule has 0 bridgehead atoms. The first-order valence-corrected chi connectivity index (χ1v) is 9.29. The van der Waals surface area contributed by atoms with Gasteiger partial charge in [0.15, 0.2) is 5.82 Å². The Morgan fingerprint density at radius 2 is 2.17 bits per heavy atom. The van der Waals surface area contributed by atoms with Crippen LogP contribution < -0.4 is 5.32 Å². The number of nitrogens with zero attached hydrogens (tertiary/aromatic N) is 3. The molecule has 0 unspecified atom stereocenters. The maximum absolute atomic E-state index is 11.9. The van der Waals surface area contributed by atoms with E-state index in [2.05, 4.69) is 20.4 Å². The Morgan fingerprint density at radius 3 is 2.87 bits per heavy atom. The Bertz CT molecular complexity index is 613. The molecule has 0 atom stereocenters. The third-order valence-electron chi connectivity index (χ3n) is 3.39. The minimum absolute atomic E-state index is 0.151. The van der Waals surface area contributed by atoms with E-state index in [-0.39, 0.29) is 5.91 Å². The quantitative estimate of drug-likeness (QED) is 0.806. The molecular weight excluding hydrogens is 332 g/mol. The molecule has 0 saturated carbocycles. The van der Waals surface area contributed by atoms with Crippen LogP contribution in [0.25, 0.3) is 0 Å². The number of hydrogen-bond acceptors (Lipinski definition) is 7. The number of thiophene rings is 1. The summed E-state index contributed by atoms with van der Waals surface area (Å²) >= 11 is 3.07. The fourth-order valence-electron chi connectivity index (χ4n) is 2.15. The molecule has 0 aromatic carbocycles. The fraction of sp³-hybridized carbons (Fsp3) is 0.400. The molecule has 8 heteroatoms. The molecule has 2 aromatic heterocycles. The predicted octanol–water partition coefficient (Wildman–Crippen LogP) is 2.21. The molecule has 1 aliphatic rings. The summed E-state index contributed by atoms with van der Waals surface area (Å²) in [6, 6.07) is 7.30. The number of amides is 1. The molecule has 1 saturated heterocycles. The molecule has 6 nitrogen and oxygen atoms in total. The number of carbonyl (C=O) groups excluding carboxylic acids is 1. The van der Waals surface area contributed by atoms with Gasteiger partial charge in [0.2, 0.25) is 0 Å². The summed E-state index contributed by atoms with van der Waals surface area (Å²) in [6.07, 6.45) is 0. The lowest BCUT2D eigenvalue weighted by molar-refractivity contribution is 0.0410. The number of morpholine rings is 1. The highest BCUT2D eigenvalue weighted by molar-refractivity contribution is 7.99. The SMILES string of the molecule is O=C(Nc1ccc(SCCN2CCOCC2)nn1)c1cccs1. The highest BCUT2D eigenvalue weighted by atomic mass is 32.2. The summed E-state index contributed by atoms with van der Waals surface area (Å²) in [5, 5.41) is 13.7. The van der Waals surface area contributed by atoms with E-state index in [1.165, 1.54) is 11.3 Å². The zero-order valence-electron chi connectivity index (χ0n) is 12.6. The summed E-state index contributed by atoms with van der Waals surface area (Å²) in [6.45, 7) is 4.67. The molecule has 1 N–H and O–H groups in total. The second kappa shape index (κ2) is 8.39. The molecular formula is C15H18N4O2S2. The highest BCUT2D eigenvalue weighted by Crippen LogP contribution is 2.17. The molecule has 1 amide bonds. The van der Waals surface area contributed by atoms with E-state index >= 15 is 0 Å². The number of thioether (sulfide) groups is 1. The van der Waals surface area contributed by atoms with Crippen LogP contribution in [-0.4, -0.2) is 59.6 Å². The minimum atomic E-state index is -0.151. The fourth-order valence-corrected chi connectivity index (χ4v) is 3.59. The summed E-state index contributed by atoms with van der Waals surface area (Å²) in [5.41, 5.74) is 0. The van der Waals surface area contributed by atoms with E-state index in [0.29, 0.717) is 10.7 Å². The van der Waals surface area contributed by atoms with Gasteiger partial charge in [-0.2, -0.15) is 0 Å². The minimum Gasteiger partial charge on any atom is -0.379 e. The average molecular weight is 350 g/mol. The van der Waals surface area contributed by atoms with E-state index < -0.39 is 0 Å². The van der Waals surface area contributed by atoms with Gasteiger partial charge in [-0.15, -0.1) is 33.3 Å². The highest BCUT2D eigenvalue weighted by Gasteiger charge is 2.10. The molecule has 23 heavy (non-hydrogen) atoms. The molecule has 3 heterocycles. The van der Waals surface area contributed by atoms with Crippen molar-refractivity contribution in [1.29, 1.82) is 0 Å². The zero-order valence-corrected chi connectivity index (χ0v) is 14.2. The van der Waals surface area contributed by atoms with Crippen LogP contribution in [0.3, 0.4) is 0 Å². The van der Waals surface area contributed by atoms with Gasteiger partial charge in [-0.1, -0.05) is 6.07 Å². The Hall–Kier alpha value is -1.48. The summed E-state index contributed by atoms with van der Waals surface area (Å²) in [5.74, 6) is 1.29. The summed E-state index contributed by atoms with van der Waals surface area (Å²) in [4.78, 5) is 15.0. The Balaban J connectivity index is 1.44. The molecule has 3 rings (SSSR count). The number of nitrogens with one attached hydrogen (secondary N) is 1. The van der Waals surface area contributed by atoms with Gasteiger partial charge in [-0.05, 0) is 23.6 Å². The lowest BCUT2D eigenvalue weighted by Gasteiger charge is -2.26. The van der Waals surface area contributed by atoms with Gasteiger partial charge >= 0.3 is 0 Å². The first-order valence-electron chi connectivity index (χ1n) is 7.43. The maximum atomic E-state index is 11.9. The normalized spacial score (nSPS) is 15.5. The number of rotatable bonds is 6. The lowest BCUT2D eigenvalue weighted by atomic mass is 10.4. The van der Waals surface area contributed by atoms with E-state index in [1.54, 1.807) is 23.9 Å². The van der Waals surface area contributed by atoms with E-state index in [1.807, 2.05) is 17.5 Å². The molecule has 0 aliphatic carbocycles. The third-order valence-corrected chi connectivity index (χ3v) is 5.16. The van der Waals surface area contributed by atoms with Crippen LogP contribution in [0.5, 0.6) is 0 Å². The van der Waals surface area contributed by atoms with Gasteiger partial charge < -0.3 is 10.1 Å². The standard InChI is InChI=1S/C15H18N4O2S2/c20-15(12-2-1-10-22-12)16-13-3-4-14(18-17-13)23-11-7-19-5-8-21-9-6-19/h1-4,10H,5-9,11H2,(H,16,17,20). The summed E-state index contributed by atoms with van der Waals surface area (Å²) < 4.78 is 5.33. The first kappa shape index (κ1) is 16.4. The molecule has 1 aliphatic heterocycles. The maximum Gasteiger partial charge on any atom is 0.266 e. The topological polar surface area (TPSA) is 67.4 Å². The van der Waals surface area contributed by atoms with Crippen LogP contribution in [0.15, 0.2) is 34.7 Å². The van der Waals surface area contributed by atoms with Crippen molar-refractivity contribution < 1.29 is 9.53 Å². The number of anilines is 1. The van der Waals surface area contributed by atoms with E-state index in [9.17, 15) is 4.79 Å². The van der Waals surface area contributed by atoms with Crippen LogP contribution in [0, 0.1) is 0 Å². The van der Waals surface area contributed by atoms with Crippen molar-refractivity contribution in [3.8, 4) is 0 Å². The molecule has 0 spiro atoms. The van der Waals surface area contributed by atoms with Crippen molar-refractivity contribution >= 4 is 34.8 Å². The second-order valence-electron chi connectivity index (χ2n) is 4.99. The zero-order chi connectivity index (χ0) is 15.9. The van der Waals surface area contributed by atoms with Crippen LogP contribution in [0.1, 0.15) is 9.67 Å². The Labute approximate surface area is 143 Å². The van der Waals surface area contributed by atoms with Crippen LogP contribution >= 0.6 is 23.1 Å². The molecule has 1 fully saturated rings. The number of carbonyl (C=O) groups is 1. The third kappa shape index (κ3) is 5.00. The lowest BCUT2D eigenvalue weighted by Crippen LogP contribution is -2.37. The Kier molecular flexibility index (Phi) is 5.98. The van der Waals surface area contributed by atoms with Gasteiger partial charge in [0.05, 0.1) is 18.1 Å². The van der Waals surface area contributed by atoms with Crippen molar-refractivity contribution in [2.45, 2.75) is 5.03 Å². The van der Waals surface area contributed by atoms with Gasteiger partial charge in [0.1, 0.15) is 5.03 Å². The first-order chi connectivity index (χ1) is 11.3. The van der Waals surface area contributed by atoms with Gasteiger partial charge in [0, 0.05) is 25.4 Å². The number of ether oxygens (including phenoxy) is 1. The van der Waals surface area contributed by atoms with Gasteiger partial charge in [-0.3, -0.25) is 9.69 Å². The largest absolute Gasteiger partial charge is 0.379 e. The smallest absolute Gasteiger partial charge is 0.266 e. The van der Waals surface area contributed by atoms with Crippen LogP contribution in [0.2, 0.25) is 0 Å². The van der Waals surface area contributed by atoms with Crippen molar-refractivity contribution in [3.05, 3.63) is 34.5 Å². The number of hydrogen-bond donors (Lipinski definition) is 1. The monoisotopic (exact) mass is 350 g/mol. The average Bonchev–Trinajstić information content (AvgIpc) is 3.12. The van der Waals surface area contributed by atoms with E-state index in [4.69, 9.17) is 4.74 Å². The molecule has 0 radical (unpaired) electrons. The van der Waals surface area contributed by atoms with Gasteiger partial charge in [0.25, 0.3) is 5.91 Å². The predicted molar refractivity (Wildman–Crippen MR) is 92.3 cm³/mol. The summed E-state index contributed by atoms with van der Waals surface area (Å²) in [7, 11) is 0. The van der Waals surface area contributed by atoms with E-state index in [0.717, 1.165) is 43.6 Å². The number of aromatic nitrogens is 2. The van der Waals surface area contributed by atoms with Crippen LogP contribution in [0.4, 0.5) is 5.82 Å². The van der Waals surface area contributed by atoms with Gasteiger partial charge in [-0.25, -0.2) is 0 Å². The van der Waals surface area contributed by atoms with Crippen molar-refractivity contribution in [2.75, 3.05) is 43.9 Å². The second-order valence-corrected chi connectivity index (χ2v) is 7.05. The molecule has 122 valence electrons. The van der Waals surface area contributed by atoms with Crippen molar-refractivity contribution in [1.82, 2.24) is 15.1 Å². The van der Waals surface area contributed by atoms with Crippen LogP contribution in [-0.2, 0) is 4.74 Å². The Morgan fingerprint density at radius 1 is 1.30 bits per heavy atom. The molecule has 2 aromatic rings. The van der Waals surface area contributed by atoms with Crippen molar-refractivity contribution in [2.24, 2.45) is 0 Å².